The predicted molar refractivity (Wildman–Crippen MR) is 47.7 cm³/mol. The van der Waals surface area contributed by atoms with Gasteiger partial charge in [-0.25, -0.2) is 0 Å². The number of hydrogen-bond acceptors (Lipinski definition) is 2. The average Bonchev–Trinajstić information content (AvgIpc) is 1.99. The van der Waals surface area contributed by atoms with E-state index in [2.05, 4.69) is 11.9 Å². The minimum absolute atomic E-state index is 0.148. The number of carbonyl (C=O) groups excluding carboxylic acids is 2. The fourth-order valence-corrected chi connectivity index (χ4v) is 0.910. The van der Waals surface area contributed by atoms with Crippen LogP contribution in [0.5, 0.6) is 0 Å². The Kier molecular flexibility index (Phi) is 5.00. The van der Waals surface area contributed by atoms with E-state index in [1.165, 1.54) is 6.08 Å². The average molecular weight is 169 g/mol. The van der Waals surface area contributed by atoms with Gasteiger partial charge in [0, 0.05) is 13.0 Å². The van der Waals surface area contributed by atoms with E-state index in [-0.39, 0.29) is 17.6 Å². The van der Waals surface area contributed by atoms with E-state index < -0.39 is 0 Å². The van der Waals surface area contributed by atoms with Gasteiger partial charge in [-0.2, -0.15) is 0 Å². The van der Waals surface area contributed by atoms with Gasteiger partial charge < -0.3 is 10.1 Å². The molecule has 0 fully saturated rings. The number of hydrogen-bond donors (Lipinski definition) is 1. The fraction of sp³-hybridized carbons (Fsp3) is 0.556. The van der Waals surface area contributed by atoms with Crippen molar-refractivity contribution in [1.82, 2.24) is 5.32 Å². The summed E-state index contributed by atoms with van der Waals surface area (Å²) in [5.74, 6) is 0.159. The summed E-state index contributed by atoms with van der Waals surface area (Å²) in [6.45, 7) is 7.32. The van der Waals surface area contributed by atoms with E-state index in [1.54, 1.807) is 6.92 Å². The lowest BCUT2D eigenvalue weighted by molar-refractivity contribution is -0.119. The molecule has 0 spiro atoms. The zero-order valence-corrected chi connectivity index (χ0v) is 7.59. The molecule has 0 radical (unpaired) electrons. The number of ketones is 1. The molecule has 3 nitrogen and oxygen atoms in total. The molecule has 1 N–H and O–H groups in total. The molecule has 0 aromatic heterocycles. The highest BCUT2D eigenvalue weighted by molar-refractivity contribution is 5.86. The van der Waals surface area contributed by atoms with Crippen LogP contribution in [0, 0.1) is 5.92 Å². The quantitative estimate of drug-likeness (QED) is 0.621. The lowest BCUT2D eigenvalue weighted by Gasteiger charge is -2.08. The van der Waals surface area contributed by atoms with Crippen molar-refractivity contribution in [1.29, 1.82) is 0 Å². The van der Waals surface area contributed by atoms with Crippen LogP contribution in [0.1, 0.15) is 20.3 Å². The van der Waals surface area contributed by atoms with Gasteiger partial charge in [-0.3, -0.25) is 4.79 Å². The van der Waals surface area contributed by atoms with E-state index in [4.69, 9.17) is 0 Å². The van der Waals surface area contributed by atoms with Crippen LogP contribution in [0.4, 0.5) is 0 Å². The van der Waals surface area contributed by atoms with Crippen molar-refractivity contribution in [3.8, 4) is 0 Å². The molecule has 0 saturated carbocycles. The van der Waals surface area contributed by atoms with Crippen molar-refractivity contribution in [2.75, 3.05) is 6.54 Å². The molecule has 0 aromatic carbocycles. The summed E-state index contributed by atoms with van der Waals surface area (Å²) in [5, 5.41) is 2.63. The number of Topliss-reactive ketones (excluding diaryl/α,β-unsaturated/α-hetero) is 1. The van der Waals surface area contributed by atoms with Gasteiger partial charge >= 0.3 is 0 Å². The van der Waals surface area contributed by atoms with Crippen LogP contribution < -0.4 is 5.32 Å². The highest BCUT2D eigenvalue weighted by Gasteiger charge is 2.05. The monoisotopic (exact) mass is 169 g/mol. The summed E-state index contributed by atoms with van der Waals surface area (Å²) in [4.78, 5) is 21.3. The van der Waals surface area contributed by atoms with Crippen LogP contribution in [-0.2, 0) is 9.59 Å². The first kappa shape index (κ1) is 10.9. The Morgan fingerprint density at radius 2 is 2.17 bits per heavy atom. The van der Waals surface area contributed by atoms with Crippen LogP contribution in [0.2, 0.25) is 0 Å². The van der Waals surface area contributed by atoms with E-state index >= 15 is 0 Å². The molecule has 68 valence electrons. The third kappa shape index (κ3) is 5.65. The van der Waals surface area contributed by atoms with Gasteiger partial charge in [0.25, 0.3) is 0 Å². The van der Waals surface area contributed by atoms with Gasteiger partial charge in [-0.1, -0.05) is 13.5 Å². The fourth-order valence-electron chi connectivity index (χ4n) is 0.910. The number of carbonyl (C=O) groups is 2. The van der Waals surface area contributed by atoms with Crippen LogP contribution >= 0.6 is 0 Å². The Hall–Kier alpha value is -1.12. The highest BCUT2D eigenvalue weighted by Crippen LogP contribution is 1.99. The molecular weight excluding hydrogens is 154 g/mol. The largest absolute Gasteiger partial charge is 0.352 e. The molecule has 1 unspecified atom stereocenters. The molecule has 0 bridgehead atoms. The summed E-state index contributed by atoms with van der Waals surface area (Å²) in [7, 11) is 0. The SMILES string of the molecule is C=CC(=O)NCC(C)CC(C)=O. The number of rotatable bonds is 5. The molecule has 0 saturated heterocycles. The first-order chi connectivity index (χ1) is 5.56. The zero-order valence-electron chi connectivity index (χ0n) is 7.59. The Morgan fingerprint density at radius 3 is 2.58 bits per heavy atom. The maximum Gasteiger partial charge on any atom is 0.243 e. The normalized spacial score (nSPS) is 11.8. The van der Waals surface area contributed by atoms with Gasteiger partial charge in [0.05, 0.1) is 0 Å². The van der Waals surface area contributed by atoms with E-state index in [1.807, 2.05) is 6.92 Å². The lowest BCUT2D eigenvalue weighted by atomic mass is 10.1. The minimum atomic E-state index is -0.189. The summed E-state index contributed by atoms with van der Waals surface area (Å²) in [5.41, 5.74) is 0. The van der Waals surface area contributed by atoms with Crippen LogP contribution in [0.25, 0.3) is 0 Å². The molecule has 3 heteroatoms. The molecule has 1 amide bonds. The summed E-state index contributed by atoms with van der Waals surface area (Å²) in [6.07, 6.45) is 1.73. The Bertz CT molecular complexity index is 187. The second-order valence-corrected chi connectivity index (χ2v) is 2.96. The molecule has 0 heterocycles. The number of amides is 1. The first-order valence-electron chi connectivity index (χ1n) is 3.96. The highest BCUT2D eigenvalue weighted by atomic mass is 16.1. The first-order valence-corrected chi connectivity index (χ1v) is 3.96. The zero-order chi connectivity index (χ0) is 9.56. The van der Waals surface area contributed by atoms with Crippen LogP contribution in [0.3, 0.4) is 0 Å². The minimum Gasteiger partial charge on any atom is -0.352 e. The molecule has 0 aliphatic rings. The summed E-state index contributed by atoms with van der Waals surface area (Å²) in [6, 6.07) is 0. The standard InChI is InChI=1S/C9H15NO2/c1-4-9(12)10-6-7(2)5-8(3)11/h4,7H,1,5-6H2,2-3H3,(H,10,12). The van der Waals surface area contributed by atoms with E-state index in [0.29, 0.717) is 13.0 Å². The Balaban J connectivity index is 3.56. The molecule has 0 rings (SSSR count). The molecule has 1 atom stereocenters. The molecule has 0 aromatic rings. The van der Waals surface area contributed by atoms with Crippen molar-refractivity contribution in [2.45, 2.75) is 20.3 Å². The topological polar surface area (TPSA) is 46.2 Å². The van der Waals surface area contributed by atoms with Gasteiger partial charge in [0.1, 0.15) is 5.78 Å². The Morgan fingerprint density at radius 1 is 1.58 bits per heavy atom. The number of nitrogens with one attached hydrogen (secondary N) is 1. The van der Waals surface area contributed by atoms with E-state index in [9.17, 15) is 9.59 Å². The molecule has 0 aliphatic heterocycles. The maximum atomic E-state index is 10.7. The second kappa shape index (κ2) is 5.52. The van der Waals surface area contributed by atoms with Crippen molar-refractivity contribution >= 4 is 11.7 Å². The second-order valence-electron chi connectivity index (χ2n) is 2.96. The van der Waals surface area contributed by atoms with E-state index in [0.717, 1.165) is 0 Å². The van der Waals surface area contributed by atoms with Gasteiger partial charge in [-0.05, 0) is 18.9 Å². The van der Waals surface area contributed by atoms with Gasteiger partial charge in [0.2, 0.25) is 5.91 Å². The predicted octanol–water partition coefficient (Wildman–Crippen LogP) is 0.904. The van der Waals surface area contributed by atoms with Crippen molar-refractivity contribution < 1.29 is 9.59 Å². The van der Waals surface area contributed by atoms with Crippen molar-refractivity contribution in [2.24, 2.45) is 5.92 Å². The summed E-state index contributed by atoms with van der Waals surface area (Å²) >= 11 is 0. The van der Waals surface area contributed by atoms with Crippen LogP contribution in [-0.4, -0.2) is 18.2 Å². The van der Waals surface area contributed by atoms with Gasteiger partial charge in [-0.15, -0.1) is 0 Å². The van der Waals surface area contributed by atoms with Crippen molar-refractivity contribution in [3.05, 3.63) is 12.7 Å². The Labute approximate surface area is 72.8 Å². The smallest absolute Gasteiger partial charge is 0.243 e. The lowest BCUT2D eigenvalue weighted by Crippen LogP contribution is -2.27. The third-order valence-electron chi connectivity index (χ3n) is 1.45. The molecule has 12 heavy (non-hydrogen) atoms. The van der Waals surface area contributed by atoms with Gasteiger partial charge in [0.15, 0.2) is 0 Å². The maximum absolute atomic E-state index is 10.7. The molecular formula is C9H15NO2. The van der Waals surface area contributed by atoms with Crippen LogP contribution in [0.15, 0.2) is 12.7 Å². The molecule has 0 aliphatic carbocycles. The third-order valence-corrected chi connectivity index (χ3v) is 1.45. The van der Waals surface area contributed by atoms with Crippen molar-refractivity contribution in [3.63, 3.8) is 0 Å². The summed E-state index contributed by atoms with van der Waals surface area (Å²) < 4.78 is 0.